The van der Waals surface area contributed by atoms with Gasteiger partial charge in [0.15, 0.2) is 18.9 Å². The number of amides is 1. The van der Waals surface area contributed by atoms with Gasteiger partial charge in [-0.25, -0.2) is 0 Å². The fourth-order valence-corrected chi connectivity index (χ4v) is 15.3. The molecule has 3 heterocycles. The first-order chi connectivity index (χ1) is 53.8. The molecule has 3 aliphatic rings. The SMILES string of the molecule is CCCCCCC/C=C\C/C=C\CCCCCCCCCCCCCCCCCCCCCCCCCC(=O)NC(COC1OC(CO)C(OC2OC(CO)C(OC3OC(CO)C(O)C(O)C3O)C(O)C2O)C(O)C1O)C(O)/C=C/CC/C=C/CC/C=C/CCCCCCCCCCCCCCCCCCCCCC. The summed E-state index contributed by atoms with van der Waals surface area (Å²) in [7, 11) is 0. The second-order valence-corrected chi connectivity index (χ2v) is 32.4. The highest BCUT2D eigenvalue weighted by molar-refractivity contribution is 5.76. The second kappa shape index (κ2) is 70.7. The molecule has 12 N–H and O–H groups in total. The zero-order valence-electron chi connectivity index (χ0n) is 69.5. The quantitative estimate of drug-likeness (QED) is 0.0199. The summed E-state index contributed by atoms with van der Waals surface area (Å²) in [4.78, 5) is 13.5. The molecule has 110 heavy (non-hydrogen) atoms. The molecule has 0 aliphatic carbocycles. The number of aliphatic hydroxyl groups is 11. The van der Waals surface area contributed by atoms with Gasteiger partial charge in [0.2, 0.25) is 5.91 Å². The summed E-state index contributed by atoms with van der Waals surface area (Å²) in [6.07, 6.45) is 66.7. The van der Waals surface area contributed by atoms with Gasteiger partial charge in [-0.1, -0.05) is 357 Å². The third kappa shape index (κ3) is 48.9. The molecule has 644 valence electrons. The van der Waals surface area contributed by atoms with Crippen LogP contribution in [0.5, 0.6) is 0 Å². The van der Waals surface area contributed by atoms with Crippen molar-refractivity contribution in [3.05, 3.63) is 60.8 Å². The number of aliphatic hydroxyl groups excluding tert-OH is 11. The van der Waals surface area contributed by atoms with Crippen molar-refractivity contribution in [3.8, 4) is 0 Å². The number of nitrogens with one attached hydrogen (secondary N) is 1. The van der Waals surface area contributed by atoms with Crippen molar-refractivity contribution in [2.45, 2.75) is 484 Å². The van der Waals surface area contributed by atoms with Crippen LogP contribution in [0.25, 0.3) is 0 Å². The summed E-state index contributed by atoms with van der Waals surface area (Å²) in [6, 6.07) is -0.999. The molecular weight excluding hydrogens is 1390 g/mol. The molecule has 0 saturated carbocycles. The zero-order chi connectivity index (χ0) is 79.5. The largest absolute Gasteiger partial charge is 0.394 e. The molecule has 3 fully saturated rings. The molecule has 19 nitrogen and oxygen atoms in total. The predicted octanol–water partition coefficient (Wildman–Crippen LogP) is 17.4. The Morgan fingerprint density at radius 1 is 0.327 bits per heavy atom. The Bertz CT molecular complexity index is 2220. The smallest absolute Gasteiger partial charge is 0.220 e. The highest BCUT2D eigenvalue weighted by Crippen LogP contribution is 2.34. The summed E-state index contributed by atoms with van der Waals surface area (Å²) < 4.78 is 34.5. The average Bonchev–Trinajstić information content (AvgIpc) is 0.795. The number of hydrogen-bond acceptors (Lipinski definition) is 18. The molecule has 3 aliphatic heterocycles. The predicted molar refractivity (Wildman–Crippen MR) is 443 cm³/mol. The summed E-state index contributed by atoms with van der Waals surface area (Å²) in [5.74, 6) is -0.283. The van der Waals surface area contributed by atoms with Gasteiger partial charge >= 0.3 is 0 Å². The maximum Gasteiger partial charge on any atom is 0.220 e. The fourth-order valence-electron chi connectivity index (χ4n) is 15.3. The van der Waals surface area contributed by atoms with Crippen molar-refractivity contribution in [2.75, 3.05) is 26.4 Å². The van der Waals surface area contributed by atoms with Gasteiger partial charge in [0, 0.05) is 6.42 Å². The molecule has 1 amide bonds. The molecule has 0 aromatic heterocycles. The molecule has 0 bridgehead atoms. The molecule has 0 radical (unpaired) electrons. The van der Waals surface area contributed by atoms with Gasteiger partial charge in [-0.05, 0) is 77.0 Å². The van der Waals surface area contributed by atoms with Crippen LogP contribution in [-0.4, -0.2) is 193 Å². The Morgan fingerprint density at radius 3 is 0.964 bits per heavy atom. The minimum absolute atomic E-state index is 0.234. The van der Waals surface area contributed by atoms with Crippen molar-refractivity contribution in [1.82, 2.24) is 5.32 Å². The number of rotatable bonds is 74. The van der Waals surface area contributed by atoms with E-state index in [0.717, 1.165) is 51.4 Å². The van der Waals surface area contributed by atoms with E-state index >= 15 is 0 Å². The number of ether oxygens (including phenoxy) is 6. The molecule has 3 saturated heterocycles. The molecule has 0 spiro atoms. The molecule has 17 atom stereocenters. The van der Waals surface area contributed by atoms with Crippen molar-refractivity contribution >= 4 is 5.91 Å². The first-order valence-electron chi connectivity index (χ1n) is 45.5. The second-order valence-electron chi connectivity index (χ2n) is 32.4. The lowest BCUT2D eigenvalue weighted by Gasteiger charge is -2.48. The first-order valence-corrected chi connectivity index (χ1v) is 45.5. The van der Waals surface area contributed by atoms with E-state index in [1.807, 2.05) is 6.08 Å². The number of carbonyl (C=O) groups is 1. The van der Waals surface area contributed by atoms with Gasteiger partial charge in [-0.2, -0.15) is 0 Å². The Kier molecular flexibility index (Phi) is 65.3. The number of hydrogen-bond donors (Lipinski definition) is 12. The van der Waals surface area contributed by atoms with E-state index in [1.54, 1.807) is 6.08 Å². The van der Waals surface area contributed by atoms with Crippen molar-refractivity contribution in [2.24, 2.45) is 0 Å². The first kappa shape index (κ1) is 102. The van der Waals surface area contributed by atoms with Gasteiger partial charge in [0.05, 0.1) is 38.6 Å². The van der Waals surface area contributed by atoms with E-state index < -0.39 is 124 Å². The molecular formula is C91H167NO18. The molecule has 17 unspecified atom stereocenters. The van der Waals surface area contributed by atoms with Gasteiger partial charge < -0.3 is 89.9 Å². The third-order valence-electron chi connectivity index (χ3n) is 22.5. The molecule has 0 aromatic rings. The Balaban J connectivity index is 1.34. The van der Waals surface area contributed by atoms with Crippen LogP contribution in [0.3, 0.4) is 0 Å². The lowest BCUT2D eigenvalue weighted by Crippen LogP contribution is -2.66. The van der Waals surface area contributed by atoms with Gasteiger partial charge in [-0.15, -0.1) is 0 Å². The van der Waals surface area contributed by atoms with Crippen molar-refractivity contribution in [1.29, 1.82) is 0 Å². The lowest BCUT2D eigenvalue weighted by molar-refractivity contribution is -0.379. The maximum atomic E-state index is 13.5. The Hall–Kier alpha value is -2.51. The van der Waals surface area contributed by atoms with Crippen LogP contribution in [0.15, 0.2) is 60.8 Å². The van der Waals surface area contributed by atoms with Crippen LogP contribution in [0.2, 0.25) is 0 Å². The fraction of sp³-hybridized carbons (Fsp3) is 0.879. The van der Waals surface area contributed by atoms with Crippen LogP contribution < -0.4 is 5.32 Å². The third-order valence-corrected chi connectivity index (χ3v) is 22.5. The zero-order valence-corrected chi connectivity index (χ0v) is 69.5. The minimum atomic E-state index is -1.98. The van der Waals surface area contributed by atoms with Gasteiger partial charge in [0.1, 0.15) is 73.2 Å². The van der Waals surface area contributed by atoms with Crippen LogP contribution in [0.4, 0.5) is 0 Å². The molecule has 3 rings (SSSR count). The van der Waals surface area contributed by atoms with E-state index in [2.05, 4.69) is 67.8 Å². The topological polar surface area (TPSA) is 307 Å². The van der Waals surface area contributed by atoms with E-state index in [4.69, 9.17) is 28.4 Å². The normalized spacial score (nSPS) is 25.4. The molecule has 0 aromatic carbocycles. The lowest BCUT2D eigenvalue weighted by atomic mass is 9.96. The van der Waals surface area contributed by atoms with Crippen LogP contribution in [-0.2, 0) is 33.2 Å². The van der Waals surface area contributed by atoms with E-state index in [1.165, 1.54) is 295 Å². The summed E-state index contributed by atoms with van der Waals surface area (Å²) >= 11 is 0. The number of allylic oxidation sites excluding steroid dienone is 9. The maximum absolute atomic E-state index is 13.5. The van der Waals surface area contributed by atoms with E-state index in [0.29, 0.717) is 12.8 Å². The monoisotopic (exact) mass is 1560 g/mol. The Labute approximate surface area is 668 Å². The summed E-state index contributed by atoms with van der Waals surface area (Å²) in [5, 5.41) is 121. The van der Waals surface area contributed by atoms with Gasteiger partial charge in [0.25, 0.3) is 0 Å². The van der Waals surface area contributed by atoms with E-state index in [9.17, 15) is 61.0 Å². The highest BCUT2D eigenvalue weighted by atomic mass is 16.8. The van der Waals surface area contributed by atoms with Crippen LogP contribution >= 0.6 is 0 Å². The number of carbonyl (C=O) groups excluding carboxylic acids is 1. The van der Waals surface area contributed by atoms with Gasteiger partial charge in [-0.3, -0.25) is 4.79 Å². The summed E-state index contributed by atoms with van der Waals surface area (Å²) in [5.41, 5.74) is 0. The van der Waals surface area contributed by atoms with Crippen molar-refractivity contribution in [3.63, 3.8) is 0 Å². The minimum Gasteiger partial charge on any atom is -0.394 e. The Morgan fingerprint density at radius 2 is 0.609 bits per heavy atom. The van der Waals surface area contributed by atoms with Crippen LogP contribution in [0.1, 0.15) is 380 Å². The van der Waals surface area contributed by atoms with Crippen LogP contribution in [0, 0.1) is 0 Å². The average molecular weight is 1560 g/mol. The van der Waals surface area contributed by atoms with Crippen molar-refractivity contribution < 1.29 is 89.4 Å². The summed E-state index contributed by atoms with van der Waals surface area (Å²) in [6.45, 7) is 1.76. The highest BCUT2D eigenvalue weighted by Gasteiger charge is 2.54. The molecule has 19 heteroatoms. The standard InChI is InChI=1S/C91H167NO18/c1-3-5-7-9-11-13-15-17-19-21-23-25-27-29-31-33-35-36-37-38-39-41-43-45-47-49-51-53-55-57-59-61-63-65-67-69-79(97)92-74(75(96)68-66-64-62-60-58-56-54-52-50-48-46-44-42-40-34-32-30-28-26-24-22-20-18-16-14-12-10-8-6-4-2)73-105-89-85(103)82(100)87(77(71-94)107-89)110-91-86(104)83(101)88(78(72-95)108-91)109-90-84(102)81(99)80(98)76(70-93)106-90/h15,17,21,23,50,52,58,60,66,68,74-78,80-91,93-96,98-104H,3-14,16,18-20,22,24-49,51,53-57,59,61-65,67,69-73H2,1-2H3,(H,92,97)/b17-15-,23-21-,52-50+,60-58+,68-66+. The number of unbranched alkanes of at least 4 members (excludes halogenated alkanes) is 50. The van der Waals surface area contributed by atoms with E-state index in [-0.39, 0.29) is 18.9 Å².